The lowest BCUT2D eigenvalue weighted by Gasteiger charge is -2.13. The number of halogens is 1. The van der Waals surface area contributed by atoms with Crippen LogP contribution in [0.2, 0.25) is 0 Å². The third kappa shape index (κ3) is 3.09. The number of hydrogen-bond donors (Lipinski definition) is 3. The Morgan fingerprint density at radius 3 is 2.70 bits per heavy atom. The highest BCUT2D eigenvalue weighted by Crippen LogP contribution is 2.26. The minimum Gasteiger partial charge on any atom is -0.323 e. The van der Waals surface area contributed by atoms with Gasteiger partial charge in [-0.2, -0.15) is 0 Å². The van der Waals surface area contributed by atoms with E-state index in [0.29, 0.717) is 5.69 Å². The highest BCUT2D eigenvalue weighted by molar-refractivity contribution is 9.10. The molecule has 1 heterocycles. The molecule has 4 N–H and O–H groups in total. The normalized spacial score (nSPS) is 11.2. The van der Waals surface area contributed by atoms with E-state index in [4.69, 9.17) is 5.84 Å². The number of nitrogens with one attached hydrogen (secondary N) is 2. The molecular formula is C12H13BrN4O2S. The van der Waals surface area contributed by atoms with Crippen molar-refractivity contribution in [3.8, 4) is 0 Å². The molecule has 0 fully saturated rings. The summed E-state index contributed by atoms with van der Waals surface area (Å²) in [6.45, 7) is 1.82. The molecule has 0 radical (unpaired) electrons. The molecule has 6 nitrogen and oxygen atoms in total. The van der Waals surface area contributed by atoms with Crippen LogP contribution in [0.15, 0.2) is 46.0 Å². The van der Waals surface area contributed by atoms with Crippen LogP contribution in [-0.2, 0) is 10.0 Å². The Balaban J connectivity index is 2.43. The van der Waals surface area contributed by atoms with E-state index in [2.05, 4.69) is 31.1 Å². The van der Waals surface area contributed by atoms with E-state index in [1.807, 2.05) is 19.1 Å². The van der Waals surface area contributed by atoms with Gasteiger partial charge in [-0.3, -0.25) is 15.5 Å². The Labute approximate surface area is 125 Å². The molecule has 0 aliphatic heterocycles. The quantitative estimate of drug-likeness (QED) is 0.576. The van der Waals surface area contributed by atoms with E-state index in [-0.39, 0.29) is 10.6 Å². The largest absolute Gasteiger partial charge is 0.323 e. The zero-order valence-electron chi connectivity index (χ0n) is 10.6. The van der Waals surface area contributed by atoms with Gasteiger partial charge in [0.25, 0.3) is 10.0 Å². The first-order valence-corrected chi connectivity index (χ1v) is 7.91. The number of aromatic nitrogens is 1. The minimum atomic E-state index is -3.77. The number of rotatable bonds is 4. The molecule has 2 aromatic rings. The third-order valence-corrected chi connectivity index (χ3v) is 4.56. The van der Waals surface area contributed by atoms with Crippen molar-refractivity contribution < 1.29 is 8.42 Å². The molecule has 106 valence electrons. The molecule has 0 spiro atoms. The number of nitrogen functional groups attached to an aromatic ring is 1. The fourth-order valence-corrected chi connectivity index (χ4v) is 3.21. The zero-order chi connectivity index (χ0) is 14.8. The number of nitrogens with zero attached hydrogens (tertiary/aromatic N) is 1. The van der Waals surface area contributed by atoms with Gasteiger partial charge in [-0.1, -0.05) is 22.0 Å². The van der Waals surface area contributed by atoms with Crippen LogP contribution in [-0.4, -0.2) is 13.4 Å². The summed E-state index contributed by atoms with van der Waals surface area (Å²) in [4.78, 5) is 3.81. The Morgan fingerprint density at radius 2 is 2.00 bits per heavy atom. The summed E-state index contributed by atoms with van der Waals surface area (Å²) in [7, 11) is -3.77. The van der Waals surface area contributed by atoms with Crippen LogP contribution in [0.25, 0.3) is 0 Å². The van der Waals surface area contributed by atoms with Gasteiger partial charge in [0.15, 0.2) is 0 Å². The summed E-state index contributed by atoms with van der Waals surface area (Å²) in [5.74, 6) is 5.32. The van der Waals surface area contributed by atoms with Gasteiger partial charge in [-0.25, -0.2) is 8.42 Å². The van der Waals surface area contributed by atoms with Gasteiger partial charge in [0, 0.05) is 16.9 Å². The predicted molar refractivity (Wildman–Crippen MR) is 81.7 cm³/mol. The molecule has 8 heteroatoms. The maximum atomic E-state index is 12.4. The molecule has 2 rings (SSSR count). The Bertz CT molecular complexity index is 734. The third-order valence-electron chi connectivity index (χ3n) is 2.67. The second kappa shape index (κ2) is 5.78. The molecule has 1 aromatic heterocycles. The lowest BCUT2D eigenvalue weighted by atomic mass is 10.2. The van der Waals surface area contributed by atoms with E-state index in [0.717, 1.165) is 10.0 Å². The van der Waals surface area contributed by atoms with Crippen LogP contribution >= 0.6 is 15.9 Å². The molecule has 0 unspecified atom stereocenters. The topological polar surface area (TPSA) is 97.1 Å². The SMILES string of the molecule is Cc1ccc(Br)cc1NS(=O)(=O)c1cnccc1NN. The van der Waals surface area contributed by atoms with Crippen LogP contribution in [0.1, 0.15) is 5.56 Å². The van der Waals surface area contributed by atoms with Gasteiger partial charge in [0.2, 0.25) is 0 Å². The fourth-order valence-electron chi connectivity index (χ4n) is 1.62. The standard InChI is InChI=1S/C12H13BrN4O2S/c1-8-2-3-9(13)6-11(8)17-20(18,19)12-7-15-5-4-10(12)16-14/h2-7,17H,14H2,1H3,(H,15,16). The lowest BCUT2D eigenvalue weighted by molar-refractivity contribution is 0.601. The van der Waals surface area contributed by atoms with Crippen molar-refractivity contribution in [1.29, 1.82) is 0 Å². The summed E-state index contributed by atoms with van der Waals surface area (Å²) < 4.78 is 28.1. The van der Waals surface area contributed by atoms with Crippen molar-refractivity contribution in [2.75, 3.05) is 10.1 Å². The monoisotopic (exact) mass is 356 g/mol. The maximum absolute atomic E-state index is 12.4. The van der Waals surface area contributed by atoms with Gasteiger partial charge >= 0.3 is 0 Å². The smallest absolute Gasteiger partial charge is 0.265 e. The van der Waals surface area contributed by atoms with E-state index < -0.39 is 10.0 Å². The second-order valence-corrected chi connectivity index (χ2v) is 6.65. The molecule has 0 aliphatic carbocycles. The van der Waals surface area contributed by atoms with Crippen LogP contribution in [0.5, 0.6) is 0 Å². The Kier molecular flexibility index (Phi) is 4.26. The number of pyridine rings is 1. The Hall–Kier alpha value is -1.64. The average molecular weight is 357 g/mol. The van der Waals surface area contributed by atoms with E-state index in [1.54, 1.807) is 6.07 Å². The summed E-state index contributed by atoms with van der Waals surface area (Å²) in [6.07, 6.45) is 2.70. The number of hydrazine groups is 1. The summed E-state index contributed by atoms with van der Waals surface area (Å²) in [6, 6.07) is 6.83. The molecule has 0 saturated heterocycles. The Morgan fingerprint density at radius 1 is 1.25 bits per heavy atom. The molecule has 0 bridgehead atoms. The van der Waals surface area contributed by atoms with Crippen molar-refractivity contribution >= 4 is 37.3 Å². The highest BCUT2D eigenvalue weighted by Gasteiger charge is 2.19. The summed E-state index contributed by atoms with van der Waals surface area (Å²) in [5, 5.41) is 0. The summed E-state index contributed by atoms with van der Waals surface area (Å²) in [5.41, 5.74) is 3.92. The fraction of sp³-hybridized carbons (Fsp3) is 0.0833. The van der Waals surface area contributed by atoms with Crippen molar-refractivity contribution in [2.45, 2.75) is 11.8 Å². The molecule has 1 aromatic carbocycles. The number of benzene rings is 1. The van der Waals surface area contributed by atoms with Crippen LogP contribution in [0.3, 0.4) is 0 Å². The van der Waals surface area contributed by atoms with Crippen LogP contribution in [0.4, 0.5) is 11.4 Å². The second-order valence-electron chi connectivity index (χ2n) is 4.08. The van der Waals surface area contributed by atoms with Gasteiger partial charge in [-0.15, -0.1) is 0 Å². The van der Waals surface area contributed by atoms with Gasteiger partial charge < -0.3 is 5.43 Å². The molecule has 0 saturated carbocycles. The minimum absolute atomic E-state index is 0.0122. The van der Waals surface area contributed by atoms with Gasteiger partial charge in [0.05, 0.1) is 11.4 Å². The molecule has 0 aliphatic rings. The van der Waals surface area contributed by atoms with E-state index >= 15 is 0 Å². The van der Waals surface area contributed by atoms with Crippen molar-refractivity contribution in [3.63, 3.8) is 0 Å². The highest BCUT2D eigenvalue weighted by atomic mass is 79.9. The molecule has 0 atom stereocenters. The predicted octanol–water partition coefficient (Wildman–Crippen LogP) is 2.24. The first-order valence-electron chi connectivity index (χ1n) is 5.63. The average Bonchev–Trinajstić information content (AvgIpc) is 2.42. The molecule has 0 amide bonds. The maximum Gasteiger partial charge on any atom is 0.265 e. The number of anilines is 2. The van der Waals surface area contributed by atoms with Crippen molar-refractivity contribution in [1.82, 2.24) is 4.98 Å². The number of sulfonamides is 1. The number of nitrogens with two attached hydrogens (primary N) is 1. The van der Waals surface area contributed by atoms with E-state index in [9.17, 15) is 8.42 Å². The van der Waals surface area contributed by atoms with Crippen LogP contribution < -0.4 is 16.0 Å². The van der Waals surface area contributed by atoms with E-state index in [1.165, 1.54) is 18.5 Å². The summed E-state index contributed by atoms with van der Waals surface area (Å²) >= 11 is 3.31. The first-order chi connectivity index (χ1) is 9.44. The lowest BCUT2D eigenvalue weighted by Crippen LogP contribution is -2.18. The van der Waals surface area contributed by atoms with Crippen LogP contribution in [0, 0.1) is 6.92 Å². The number of aryl methyl sites for hydroxylation is 1. The number of hydrogen-bond acceptors (Lipinski definition) is 5. The first kappa shape index (κ1) is 14.8. The van der Waals surface area contributed by atoms with Crippen molar-refractivity contribution in [2.24, 2.45) is 5.84 Å². The van der Waals surface area contributed by atoms with Gasteiger partial charge in [-0.05, 0) is 30.7 Å². The molecule has 20 heavy (non-hydrogen) atoms. The zero-order valence-corrected chi connectivity index (χ0v) is 13.0. The molecular weight excluding hydrogens is 344 g/mol. The van der Waals surface area contributed by atoms with Gasteiger partial charge in [0.1, 0.15) is 4.90 Å². The van der Waals surface area contributed by atoms with Crippen molar-refractivity contribution in [3.05, 3.63) is 46.7 Å².